The van der Waals surface area contributed by atoms with Gasteiger partial charge in [0.1, 0.15) is 6.04 Å². The van der Waals surface area contributed by atoms with E-state index >= 15 is 0 Å². The molecule has 1 unspecified atom stereocenters. The molecular weight excluding hydrogens is 234 g/mol. The number of ether oxygens (including phenoxy) is 2. The number of nitrogens with one attached hydrogen (secondary N) is 1. The summed E-state index contributed by atoms with van der Waals surface area (Å²) in [4.78, 5) is 22.3. The minimum absolute atomic E-state index is 0.134. The summed E-state index contributed by atoms with van der Waals surface area (Å²) < 4.78 is 9.71. The Balaban J connectivity index is 3.40. The highest BCUT2D eigenvalue weighted by Crippen LogP contribution is 2.01. The van der Waals surface area contributed by atoms with E-state index in [9.17, 15) is 9.59 Å². The minimum Gasteiger partial charge on any atom is -0.466 e. The normalized spacial score (nSPS) is 11.9. The van der Waals surface area contributed by atoms with Crippen molar-refractivity contribution in [1.82, 2.24) is 5.32 Å². The molecule has 0 aliphatic rings. The average Bonchev–Trinajstić information content (AvgIpc) is 2.33. The lowest BCUT2D eigenvalue weighted by atomic mass is 10.2. The van der Waals surface area contributed by atoms with Crippen LogP contribution < -0.4 is 5.32 Å². The summed E-state index contributed by atoms with van der Waals surface area (Å²) >= 11 is 0. The summed E-state index contributed by atoms with van der Waals surface area (Å²) in [5.41, 5.74) is 0. The highest BCUT2D eigenvalue weighted by Gasteiger charge is 2.11. The molecule has 0 spiro atoms. The molecule has 0 aromatic heterocycles. The van der Waals surface area contributed by atoms with Gasteiger partial charge >= 0.3 is 11.9 Å². The Kier molecular flexibility index (Phi) is 10.3. The third-order valence-electron chi connectivity index (χ3n) is 2.45. The average molecular weight is 259 g/mol. The molecule has 5 heteroatoms. The van der Waals surface area contributed by atoms with Crippen molar-refractivity contribution < 1.29 is 19.1 Å². The highest BCUT2D eigenvalue weighted by atomic mass is 16.5. The van der Waals surface area contributed by atoms with E-state index in [1.165, 1.54) is 0 Å². The molecule has 0 rings (SSSR count). The zero-order valence-electron chi connectivity index (χ0n) is 11.7. The SMILES string of the molecule is CCOC(=O)CCCCCNC(C)C(=O)OCC. The summed E-state index contributed by atoms with van der Waals surface area (Å²) in [5.74, 6) is -0.352. The third-order valence-corrected chi connectivity index (χ3v) is 2.45. The van der Waals surface area contributed by atoms with Crippen molar-refractivity contribution in [2.24, 2.45) is 0 Å². The molecule has 1 N–H and O–H groups in total. The van der Waals surface area contributed by atoms with Gasteiger partial charge in [0.25, 0.3) is 0 Å². The molecule has 106 valence electrons. The Labute approximate surface area is 109 Å². The van der Waals surface area contributed by atoms with Gasteiger partial charge in [-0.1, -0.05) is 6.42 Å². The fraction of sp³-hybridized carbons (Fsp3) is 0.846. The summed E-state index contributed by atoms with van der Waals surface area (Å²) in [6.07, 6.45) is 3.18. The van der Waals surface area contributed by atoms with Crippen molar-refractivity contribution in [3.8, 4) is 0 Å². The largest absolute Gasteiger partial charge is 0.466 e. The number of hydrogen-bond donors (Lipinski definition) is 1. The topological polar surface area (TPSA) is 64.6 Å². The van der Waals surface area contributed by atoms with Crippen molar-refractivity contribution in [2.75, 3.05) is 19.8 Å². The van der Waals surface area contributed by atoms with Crippen LogP contribution >= 0.6 is 0 Å². The molecule has 0 fully saturated rings. The maximum Gasteiger partial charge on any atom is 0.322 e. The van der Waals surface area contributed by atoms with Gasteiger partial charge in [0.15, 0.2) is 0 Å². The summed E-state index contributed by atoms with van der Waals surface area (Å²) in [6, 6.07) is -0.269. The van der Waals surface area contributed by atoms with Crippen LogP contribution in [-0.4, -0.2) is 37.7 Å². The van der Waals surface area contributed by atoms with E-state index in [1.54, 1.807) is 20.8 Å². The van der Waals surface area contributed by atoms with Crippen LogP contribution in [0.4, 0.5) is 0 Å². The van der Waals surface area contributed by atoms with E-state index in [0.717, 1.165) is 25.8 Å². The summed E-state index contributed by atoms with van der Waals surface area (Å²) in [5, 5.41) is 3.09. The molecule has 18 heavy (non-hydrogen) atoms. The maximum absolute atomic E-state index is 11.3. The van der Waals surface area contributed by atoms with Gasteiger partial charge in [0.05, 0.1) is 13.2 Å². The summed E-state index contributed by atoms with van der Waals surface area (Å²) in [6.45, 7) is 6.99. The van der Waals surface area contributed by atoms with Gasteiger partial charge < -0.3 is 14.8 Å². The van der Waals surface area contributed by atoms with Crippen molar-refractivity contribution >= 4 is 11.9 Å². The first-order chi connectivity index (χ1) is 8.61. The Hall–Kier alpha value is -1.10. The van der Waals surface area contributed by atoms with Crippen molar-refractivity contribution in [3.63, 3.8) is 0 Å². The van der Waals surface area contributed by atoms with E-state index < -0.39 is 0 Å². The molecule has 0 saturated carbocycles. The van der Waals surface area contributed by atoms with Crippen LogP contribution in [0.25, 0.3) is 0 Å². The molecule has 0 aromatic rings. The Bertz CT molecular complexity index is 243. The number of unbranched alkanes of at least 4 members (excludes halogenated alkanes) is 2. The smallest absolute Gasteiger partial charge is 0.322 e. The van der Waals surface area contributed by atoms with Crippen molar-refractivity contribution in [3.05, 3.63) is 0 Å². The molecule has 0 heterocycles. The maximum atomic E-state index is 11.3. The first-order valence-electron chi connectivity index (χ1n) is 6.67. The number of hydrogen-bond acceptors (Lipinski definition) is 5. The Morgan fingerprint density at radius 3 is 2.33 bits per heavy atom. The number of esters is 2. The number of carbonyl (C=O) groups excluding carboxylic acids is 2. The molecular formula is C13H25NO4. The van der Waals surface area contributed by atoms with Gasteiger partial charge in [-0.3, -0.25) is 9.59 Å². The van der Waals surface area contributed by atoms with Gasteiger partial charge in [0, 0.05) is 6.42 Å². The highest BCUT2D eigenvalue weighted by molar-refractivity contribution is 5.75. The first-order valence-corrected chi connectivity index (χ1v) is 6.67. The van der Waals surface area contributed by atoms with E-state index in [4.69, 9.17) is 9.47 Å². The van der Waals surface area contributed by atoms with Crippen LogP contribution in [0.1, 0.15) is 46.5 Å². The second-order valence-electron chi connectivity index (χ2n) is 4.04. The zero-order chi connectivity index (χ0) is 13.8. The van der Waals surface area contributed by atoms with Crippen molar-refractivity contribution in [1.29, 1.82) is 0 Å². The lowest BCUT2D eigenvalue weighted by molar-refractivity contribution is -0.145. The predicted octanol–water partition coefficient (Wildman–Crippen LogP) is 1.65. The predicted molar refractivity (Wildman–Crippen MR) is 69.2 cm³/mol. The van der Waals surface area contributed by atoms with Gasteiger partial charge in [0.2, 0.25) is 0 Å². The Morgan fingerprint density at radius 2 is 1.72 bits per heavy atom. The standard InChI is InChI=1S/C13H25NO4/c1-4-17-12(15)9-7-6-8-10-14-11(3)13(16)18-5-2/h11,14H,4-10H2,1-3H3. The Morgan fingerprint density at radius 1 is 1.06 bits per heavy atom. The number of carbonyl (C=O) groups is 2. The summed E-state index contributed by atoms with van der Waals surface area (Å²) in [7, 11) is 0. The lowest BCUT2D eigenvalue weighted by Crippen LogP contribution is -2.35. The molecule has 0 radical (unpaired) electrons. The molecule has 0 aliphatic carbocycles. The van der Waals surface area contributed by atoms with E-state index in [1.807, 2.05) is 0 Å². The van der Waals surface area contributed by atoms with Crippen LogP contribution in [0.3, 0.4) is 0 Å². The monoisotopic (exact) mass is 259 g/mol. The van der Waals surface area contributed by atoms with Gasteiger partial charge in [-0.25, -0.2) is 0 Å². The van der Waals surface area contributed by atoms with Crippen LogP contribution in [0.15, 0.2) is 0 Å². The molecule has 1 atom stereocenters. The van der Waals surface area contributed by atoms with E-state index in [-0.39, 0.29) is 18.0 Å². The van der Waals surface area contributed by atoms with Gasteiger partial charge in [-0.05, 0) is 40.2 Å². The van der Waals surface area contributed by atoms with E-state index in [2.05, 4.69) is 5.32 Å². The second kappa shape index (κ2) is 11.0. The van der Waals surface area contributed by atoms with Crippen LogP contribution in [-0.2, 0) is 19.1 Å². The van der Waals surface area contributed by atoms with Gasteiger partial charge in [-0.15, -0.1) is 0 Å². The molecule has 0 aliphatic heterocycles. The fourth-order valence-corrected chi connectivity index (χ4v) is 1.47. The van der Waals surface area contributed by atoms with E-state index in [0.29, 0.717) is 19.6 Å². The third kappa shape index (κ3) is 8.98. The van der Waals surface area contributed by atoms with Crippen LogP contribution in [0.5, 0.6) is 0 Å². The molecule has 0 amide bonds. The van der Waals surface area contributed by atoms with Crippen LogP contribution in [0, 0.1) is 0 Å². The van der Waals surface area contributed by atoms with Crippen molar-refractivity contribution in [2.45, 2.75) is 52.5 Å². The van der Waals surface area contributed by atoms with Crippen LogP contribution in [0.2, 0.25) is 0 Å². The molecule has 0 saturated heterocycles. The first kappa shape index (κ1) is 16.9. The fourth-order valence-electron chi connectivity index (χ4n) is 1.47. The second-order valence-corrected chi connectivity index (χ2v) is 4.04. The quantitative estimate of drug-likeness (QED) is 0.477. The zero-order valence-corrected chi connectivity index (χ0v) is 11.7. The van der Waals surface area contributed by atoms with Gasteiger partial charge in [-0.2, -0.15) is 0 Å². The number of rotatable bonds is 10. The molecule has 5 nitrogen and oxygen atoms in total. The molecule has 0 aromatic carbocycles. The molecule has 0 bridgehead atoms. The lowest BCUT2D eigenvalue weighted by Gasteiger charge is -2.12. The minimum atomic E-state index is -0.269.